The second-order valence-corrected chi connectivity index (χ2v) is 4.45. The maximum absolute atomic E-state index is 3.62. The lowest BCUT2D eigenvalue weighted by Gasteiger charge is -2.55. The van der Waals surface area contributed by atoms with E-state index in [-0.39, 0.29) is 0 Å². The third-order valence-electron chi connectivity index (χ3n) is 3.41. The van der Waals surface area contributed by atoms with Gasteiger partial charge in [0.05, 0.1) is 5.66 Å². The summed E-state index contributed by atoms with van der Waals surface area (Å²) in [6.45, 7) is 7.15. The van der Waals surface area contributed by atoms with Gasteiger partial charge < -0.3 is 0 Å². The molecule has 0 radical (unpaired) electrons. The molecule has 0 aliphatic carbocycles. The van der Waals surface area contributed by atoms with Crippen molar-refractivity contribution in [3.05, 3.63) is 0 Å². The molecule has 2 aliphatic rings. The van der Waals surface area contributed by atoms with Crippen LogP contribution in [0.2, 0.25) is 0 Å². The van der Waals surface area contributed by atoms with Crippen molar-refractivity contribution in [2.45, 2.75) is 51.2 Å². The monoisotopic (exact) mass is 168 g/mol. The Bertz CT molecular complexity index is 161. The molecule has 0 aromatic heterocycles. The normalized spacial score (nSPS) is 37.2. The van der Waals surface area contributed by atoms with Crippen LogP contribution >= 0.6 is 0 Å². The summed E-state index contributed by atoms with van der Waals surface area (Å²) in [5, 5.41) is 3.62. The molecule has 70 valence electrons. The van der Waals surface area contributed by atoms with Gasteiger partial charge in [-0.1, -0.05) is 0 Å². The van der Waals surface area contributed by atoms with Crippen LogP contribution in [-0.2, 0) is 0 Å². The highest BCUT2D eigenvalue weighted by molar-refractivity contribution is 4.99. The summed E-state index contributed by atoms with van der Waals surface area (Å²) >= 11 is 0. The fourth-order valence-corrected chi connectivity index (χ4v) is 2.68. The first-order valence-electron chi connectivity index (χ1n) is 5.26. The van der Waals surface area contributed by atoms with Gasteiger partial charge in [-0.25, -0.2) is 0 Å². The van der Waals surface area contributed by atoms with E-state index < -0.39 is 0 Å². The van der Waals surface area contributed by atoms with Crippen LogP contribution < -0.4 is 5.32 Å². The molecule has 0 saturated carbocycles. The van der Waals surface area contributed by atoms with Gasteiger partial charge in [0, 0.05) is 12.6 Å². The van der Waals surface area contributed by atoms with Gasteiger partial charge in [-0.05, 0) is 46.1 Å². The molecule has 0 amide bonds. The third-order valence-corrected chi connectivity index (χ3v) is 3.41. The zero-order valence-electron chi connectivity index (χ0n) is 8.27. The molecular weight excluding hydrogens is 148 g/mol. The Kier molecular flexibility index (Phi) is 2.13. The van der Waals surface area contributed by atoms with Crippen molar-refractivity contribution in [2.24, 2.45) is 0 Å². The van der Waals surface area contributed by atoms with E-state index in [0.717, 1.165) is 0 Å². The van der Waals surface area contributed by atoms with Gasteiger partial charge in [-0.3, -0.25) is 10.2 Å². The first kappa shape index (κ1) is 8.52. The van der Waals surface area contributed by atoms with E-state index in [1.54, 1.807) is 0 Å². The van der Waals surface area contributed by atoms with Gasteiger partial charge in [0.2, 0.25) is 0 Å². The van der Waals surface area contributed by atoms with Crippen LogP contribution in [0.5, 0.6) is 0 Å². The molecule has 12 heavy (non-hydrogen) atoms. The maximum atomic E-state index is 3.62. The van der Waals surface area contributed by atoms with Crippen molar-refractivity contribution in [1.82, 2.24) is 10.2 Å². The van der Waals surface area contributed by atoms with Gasteiger partial charge in [0.1, 0.15) is 0 Å². The van der Waals surface area contributed by atoms with Gasteiger partial charge in [0.15, 0.2) is 0 Å². The predicted molar refractivity (Wildman–Crippen MR) is 51.0 cm³/mol. The fraction of sp³-hybridized carbons (Fsp3) is 1.00. The van der Waals surface area contributed by atoms with Gasteiger partial charge in [0.25, 0.3) is 0 Å². The number of hydrogen-bond donors (Lipinski definition) is 1. The molecule has 0 aromatic rings. The summed E-state index contributed by atoms with van der Waals surface area (Å²) in [5.41, 5.74) is 0.423. The Morgan fingerprint density at radius 3 is 2.42 bits per heavy atom. The summed E-state index contributed by atoms with van der Waals surface area (Å²) < 4.78 is 0. The maximum Gasteiger partial charge on any atom is 0.0726 e. The number of hydrogen-bond acceptors (Lipinski definition) is 2. The lowest BCUT2D eigenvalue weighted by atomic mass is 9.85. The quantitative estimate of drug-likeness (QED) is 0.639. The van der Waals surface area contributed by atoms with E-state index in [1.807, 2.05) is 0 Å². The van der Waals surface area contributed by atoms with Crippen molar-refractivity contribution >= 4 is 0 Å². The molecule has 0 unspecified atom stereocenters. The van der Waals surface area contributed by atoms with Crippen LogP contribution in [0.25, 0.3) is 0 Å². The SMILES string of the molecule is CC(C)N1CCCC[C@]12CCN2. The van der Waals surface area contributed by atoms with E-state index in [1.165, 1.54) is 38.8 Å². The van der Waals surface area contributed by atoms with Gasteiger partial charge >= 0.3 is 0 Å². The molecule has 2 aliphatic heterocycles. The third kappa shape index (κ3) is 1.17. The highest BCUT2D eigenvalue weighted by atomic mass is 15.4. The second kappa shape index (κ2) is 3.00. The first-order valence-corrected chi connectivity index (χ1v) is 5.26. The Labute approximate surface area is 75.3 Å². The van der Waals surface area contributed by atoms with E-state index in [0.29, 0.717) is 11.7 Å². The van der Waals surface area contributed by atoms with E-state index in [9.17, 15) is 0 Å². The summed E-state index contributed by atoms with van der Waals surface area (Å²) in [6, 6.07) is 0.707. The van der Waals surface area contributed by atoms with Crippen LogP contribution in [0.4, 0.5) is 0 Å². The number of rotatable bonds is 1. The van der Waals surface area contributed by atoms with E-state index >= 15 is 0 Å². The number of likely N-dealkylation sites (tertiary alicyclic amines) is 1. The molecule has 2 heteroatoms. The Morgan fingerprint density at radius 2 is 2.00 bits per heavy atom. The average Bonchev–Trinajstić information content (AvgIpc) is 2.01. The number of nitrogens with one attached hydrogen (secondary N) is 1. The molecule has 2 saturated heterocycles. The van der Waals surface area contributed by atoms with Gasteiger partial charge in [-0.2, -0.15) is 0 Å². The van der Waals surface area contributed by atoms with Crippen LogP contribution in [0, 0.1) is 0 Å². The molecule has 2 fully saturated rings. The minimum Gasteiger partial charge on any atom is -0.299 e. The molecule has 0 bridgehead atoms. The highest BCUT2D eigenvalue weighted by Gasteiger charge is 2.44. The smallest absolute Gasteiger partial charge is 0.0726 e. The number of nitrogens with zero attached hydrogens (tertiary/aromatic N) is 1. The standard InChI is InChI=1S/C10H20N2/c1-9(2)12-8-4-3-5-10(12)6-7-11-10/h9,11H,3-8H2,1-2H3/t10-/m1/s1. The van der Waals surface area contributed by atoms with Gasteiger partial charge in [-0.15, -0.1) is 0 Å². The summed E-state index contributed by atoms with van der Waals surface area (Å²) in [4.78, 5) is 2.65. The molecule has 1 N–H and O–H groups in total. The molecular formula is C10H20N2. The summed E-state index contributed by atoms with van der Waals surface area (Å²) in [6.07, 6.45) is 5.54. The largest absolute Gasteiger partial charge is 0.299 e. The second-order valence-electron chi connectivity index (χ2n) is 4.45. The van der Waals surface area contributed by atoms with Crippen molar-refractivity contribution in [3.63, 3.8) is 0 Å². The molecule has 1 spiro atoms. The molecule has 2 nitrogen and oxygen atoms in total. The van der Waals surface area contributed by atoms with Crippen molar-refractivity contribution in [2.75, 3.05) is 13.1 Å². The molecule has 0 aromatic carbocycles. The van der Waals surface area contributed by atoms with Crippen LogP contribution in [0.1, 0.15) is 39.5 Å². The first-order chi connectivity index (χ1) is 5.75. The van der Waals surface area contributed by atoms with Crippen LogP contribution in [0.15, 0.2) is 0 Å². The summed E-state index contributed by atoms with van der Waals surface area (Å²) in [7, 11) is 0. The highest BCUT2D eigenvalue weighted by Crippen LogP contribution is 2.34. The predicted octanol–water partition coefficient (Wildman–Crippen LogP) is 1.57. The Balaban J connectivity index is 2.06. The minimum atomic E-state index is 0.423. The molecule has 2 rings (SSSR count). The van der Waals surface area contributed by atoms with Crippen molar-refractivity contribution < 1.29 is 0 Å². The number of piperidine rings is 1. The van der Waals surface area contributed by atoms with E-state index in [4.69, 9.17) is 0 Å². The fourth-order valence-electron chi connectivity index (χ4n) is 2.68. The lowest BCUT2D eigenvalue weighted by molar-refractivity contribution is -0.0547. The Morgan fingerprint density at radius 1 is 1.25 bits per heavy atom. The molecule has 2 heterocycles. The zero-order valence-corrected chi connectivity index (χ0v) is 8.27. The minimum absolute atomic E-state index is 0.423. The zero-order chi connectivity index (χ0) is 8.60. The Hall–Kier alpha value is -0.0800. The van der Waals surface area contributed by atoms with E-state index in [2.05, 4.69) is 24.1 Å². The van der Waals surface area contributed by atoms with Crippen LogP contribution in [-0.4, -0.2) is 29.7 Å². The topological polar surface area (TPSA) is 15.3 Å². The van der Waals surface area contributed by atoms with Crippen LogP contribution in [0.3, 0.4) is 0 Å². The molecule has 1 atom stereocenters. The van der Waals surface area contributed by atoms with Crippen molar-refractivity contribution in [1.29, 1.82) is 0 Å². The summed E-state index contributed by atoms with van der Waals surface area (Å²) in [5.74, 6) is 0. The van der Waals surface area contributed by atoms with Crippen molar-refractivity contribution in [3.8, 4) is 0 Å². The lowest BCUT2D eigenvalue weighted by Crippen LogP contribution is -2.70. The average molecular weight is 168 g/mol.